The number of carboxylic acid groups (broad SMARTS) is 1. The van der Waals surface area contributed by atoms with Crippen molar-refractivity contribution in [1.29, 1.82) is 0 Å². The molecule has 5 atom stereocenters. The van der Waals surface area contributed by atoms with Crippen molar-refractivity contribution < 1.29 is 34.7 Å². The first kappa shape index (κ1) is 22.3. The zero-order valence-electron chi connectivity index (χ0n) is 15.4. The van der Waals surface area contributed by atoms with E-state index in [9.17, 15) is 25.2 Å². The van der Waals surface area contributed by atoms with Gasteiger partial charge in [-0.05, 0) is 12.8 Å². The molecule has 0 radical (unpaired) electrons. The maximum Gasteiger partial charge on any atom is 0.335 e. The molecule has 1 fully saturated rings. The van der Waals surface area contributed by atoms with E-state index < -0.39 is 36.2 Å². The highest BCUT2D eigenvalue weighted by Gasteiger charge is 2.56. The Balaban J connectivity index is 2.83. The third-order valence-electron chi connectivity index (χ3n) is 4.73. The molecule has 0 unspecified atom stereocenters. The molecule has 148 valence electrons. The van der Waals surface area contributed by atoms with Crippen molar-refractivity contribution in [2.45, 2.75) is 102 Å². The molecule has 0 amide bonds. The first-order valence-corrected chi connectivity index (χ1v) is 9.48. The lowest BCUT2D eigenvalue weighted by molar-refractivity contribution is -0.359. The second-order valence-electron chi connectivity index (χ2n) is 6.83. The fourth-order valence-corrected chi connectivity index (χ4v) is 3.15. The molecule has 0 aromatic carbocycles. The molecule has 0 aromatic rings. The monoisotopic (exact) mass is 362 g/mol. The molecule has 25 heavy (non-hydrogen) atoms. The molecule has 7 nitrogen and oxygen atoms in total. The predicted octanol–water partition coefficient (Wildman–Crippen LogP) is 1.82. The van der Waals surface area contributed by atoms with E-state index in [0.29, 0.717) is 13.0 Å². The molecule has 1 aliphatic heterocycles. The van der Waals surface area contributed by atoms with Crippen LogP contribution in [0.5, 0.6) is 0 Å². The second kappa shape index (κ2) is 11.1. The lowest BCUT2D eigenvalue weighted by Gasteiger charge is -2.47. The molecule has 1 rings (SSSR count). The van der Waals surface area contributed by atoms with Crippen molar-refractivity contribution in [2.24, 2.45) is 0 Å². The maximum absolute atomic E-state index is 11.4. The number of carboxylic acids is 1. The van der Waals surface area contributed by atoms with Crippen LogP contribution < -0.4 is 0 Å². The Morgan fingerprint density at radius 1 is 0.960 bits per heavy atom. The van der Waals surface area contributed by atoms with Gasteiger partial charge >= 0.3 is 5.97 Å². The van der Waals surface area contributed by atoms with Gasteiger partial charge in [-0.25, -0.2) is 4.79 Å². The van der Waals surface area contributed by atoms with Gasteiger partial charge < -0.3 is 29.9 Å². The summed E-state index contributed by atoms with van der Waals surface area (Å²) >= 11 is 0. The number of aliphatic carboxylic acids is 1. The number of unbranched alkanes of at least 4 members (excludes halogenated alkanes) is 6. The van der Waals surface area contributed by atoms with Crippen molar-refractivity contribution in [3.05, 3.63) is 0 Å². The number of aliphatic hydroxyl groups is 3. The molecule has 1 heterocycles. The fraction of sp³-hybridized carbons (Fsp3) is 0.944. The zero-order valence-corrected chi connectivity index (χ0v) is 15.4. The molecular formula is C18H34O7. The van der Waals surface area contributed by atoms with Crippen LogP contribution in [0.2, 0.25) is 0 Å². The molecule has 0 bridgehead atoms. The maximum atomic E-state index is 11.4. The second-order valence-corrected chi connectivity index (χ2v) is 6.83. The predicted molar refractivity (Wildman–Crippen MR) is 92.1 cm³/mol. The summed E-state index contributed by atoms with van der Waals surface area (Å²) in [7, 11) is 0. The van der Waals surface area contributed by atoms with Gasteiger partial charge in [-0.3, -0.25) is 0 Å². The van der Waals surface area contributed by atoms with Gasteiger partial charge in [0, 0.05) is 6.42 Å². The van der Waals surface area contributed by atoms with Crippen molar-refractivity contribution in [3.63, 3.8) is 0 Å². The van der Waals surface area contributed by atoms with E-state index in [1.807, 2.05) is 0 Å². The van der Waals surface area contributed by atoms with Crippen LogP contribution in [0.3, 0.4) is 0 Å². The Morgan fingerprint density at radius 3 is 2.12 bits per heavy atom. The van der Waals surface area contributed by atoms with Crippen LogP contribution in [0.1, 0.15) is 71.6 Å². The highest BCUT2D eigenvalue weighted by atomic mass is 16.7. The molecule has 0 saturated carbocycles. The molecule has 4 N–H and O–H groups in total. The van der Waals surface area contributed by atoms with E-state index in [2.05, 4.69) is 13.8 Å². The molecule has 0 spiro atoms. The van der Waals surface area contributed by atoms with Crippen molar-refractivity contribution in [2.75, 3.05) is 6.61 Å². The van der Waals surface area contributed by atoms with Crippen LogP contribution in [0, 0.1) is 0 Å². The van der Waals surface area contributed by atoms with E-state index in [0.717, 1.165) is 44.9 Å². The Morgan fingerprint density at radius 2 is 1.56 bits per heavy atom. The summed E-state index contributed by atoms with van der Waals surface area (Å²) < 4.78 is 11.3. The summed E-state index contributed by atoms with van der Waals surface area (Å²) in [6, 6.07) is 0. The smallest absolute Gasteiger partial charge is 0.335 e. The van der Waals surface area contributed by atoms with E-state index >= 15 is 0 Å². The summed E-state index contributed by atoms with van der Waals surface area (Å²) in [6.07, 6.45) is 1.31. The van der Waals surface area contributed by atoms with Gasteiger partial charge in [0.1, 0.15) is 18.3 Å². The molecule has 0 aromatic heterocycles. The molecule has 1 aliphatic rings. The summed E-state index contributed by atoms with van der Waals surface area (Å²) in [5.41, 5.74) is 0. The van der Waals surface area contributed by atoms with Crippen LogP contribution in [-0.4, -0.2) is 63.2 Å². The van der Waals surface area contributed by atoms with Crippen molar-refractivity contribution in [1.82, 2.24) is 0 Å². The quantitative estimate of drug-likeness (QED) is 0.391. The van der Waals surface area contributed by atoms with Crippen LogP contribution >= 0.6 is 0 Å². The number of rotatable bonds is 12. The average molecular weight is 362 g/mol. The average Bonchev–Trinajstić information content (AvgIpc) is 2.59. The minimum atomic E-state index is -1.69. The Hall–Kier alpha value is -0.730. The number of hydrogen-bond donors (Lipinski definition) is 4. The van der Waals surface area contributed by atoms with Crippen LogP contribution in [0.4, 0.5) is 0 Å². The SMILES string of the molecule is CCCCCCO[C@@]1(CCCCCC)O[C@H](C(=O)O)[C@H](O)[C@H](O)[C@H]1O. The minimum absolute atomic E-state index is 0.273. The van der Waals surface area contributed by atoms with Crippen LogP contribution in [0.25, 0.3) is 0 Å². The third kappa shape index (κ3) is 6.18. The van der Waals surface area contributed by atoms with Gasteiger partial charge in [0.25, 0.3) is 0 Å². The van der Waals surface area contributed by atoms with Gasteiger partial charge in [0.2, 0.25) is 0 Å². The Kier molecular flexibility index (Phi) is 9.89. The molecular weight excluding hydrogens is 328 g/mol. The first-order valence-electron chi connectivity index (χ1n) is 9.48. The van der Waals surface area contributed by atoms with Gasteiger partial charge in [0.15, 0.2) is 11.9 Å². The summed E-state index contributed by atoms with van der Waals surface area (Å²) in [4.78, 5) is 11.4. The Labute approximate surface area is 150 Å². The minimum Gasteiger partial charge on any atom is -0.479 e. The summed E-state index contributed by atoms with van der Waals surface area (Å²) in [5, 5.41) is 39.7. The van der Waals surface area contributed by atoms with E-state index in [1.54, 1.807) is 0 Å². The highest BCUT2D eigenvalue weighted by Crippen LogP contribution is 2.36. The van der Waals surface area contributed by atoms with Crippen LogP contribution in [0.15, 0.2) is 0 Å². The highest BCUT2D eigenvalue weighted by molar-refractivity contribution is 5.73. The first-order chi connectivity index (χ1) is 11.9. The third-order valence-corrected chi connectivity index (χ3v) is 4.73. The topological polar surface area (TPSA) is 116 Å². The normalized spacial score (nSPS) is 32.7. The summed E-state index contributed by atoms with van der Waals surface area (Å²) in [6.45, 7) is 4.48. The largest absolute Gasteiger partial charge is 0.479 e. The van der Waals surface area contributed by atoms with Gasteiger partial charge in [-0.15, -0.1) is 0 Å². The summed E-state index contributed by atoms with van der Waals surface area (Å²) in [5.74, 6) is -2.98. The van der Waals surface area contributed by atoms with Crippen LogP contribution in [-0.2, 0) is 14.3 Å². The number of carbonyl (C=O) groups is 1. The lowest BCUT2D eigenvalue weighted by atomic mass is 9.89. The van der Waals surface area contributed by atoms with Gasteiger partial charge in [-0.1, -0.05) is 52.4 Å². The molecule has 0 aliphatic carbocycles. The van der Waals surface area contributed by atoms with Gasteiger partial charge in [0.05, 0.1) is 6.61 Å². The van der Waals surface area contributed by atoms with E-state index in [-0.39, 0.29) is 6.42 Å². The van der Waals surface area contributed by atoms with E-state index in [4.69, 9.17) is 9.47 Å². The number of ether oxygens (including phenoxy) is 2. The number of aliphatic hydroxyl groups excluding tert-OH is 3. The molecule has 7 heteroatoms. The van der Waals surface area contributed by atoms with Gasteiger partial charge in [-0.2, -0.15) is 0 Å². The van der Waals surface area contributed by atoms with Crippen molar-refractivity contribution in [3.8, 4) is 0 Å². The Bertz CT molecular complexity index is 390. The van der Waals surface area contributed by atoms with E-state index in [1.165, 1.54) is 0 Å². The fourth-order valence-electron chi connectivity index (χ4n) is 3.15. The van der Waals surface area contributed by atoms with Crippen molar-refractivity contribution >= 4 is 5.97 Å². The molecule has 1 saturated heterocycles. The number of hydrogen-bond acceptors (Lipinski definition) is 6. The lowest BCUT2D eigenvalue weighted by Crippen LogP contribution is -2.67. The zero-order chi connectivity index (χ0) is 18.9. The standard InChI is InChI=1S/C18H34O7/c1-3-5-7-9-11-18(24-12-10-8-6-4-2)16(21)14(20)13(19)15(25-18)17(22)23/h13-16,19-21H,3-12H2,1-2H3,(H,22,23)/t13-,14+,15+,16-,18+/m1/s1.